The summed E-state index contributed by atoms with van der Waals surface area (Å²) < 4.78 is 0. The Bertz CT molecular complexity index is 775. The highest BCUT2D eigenvalue weighted by Crippen LogP contribution is 2.16. The summed E-state index contributed by atoms with van der Waals surface area (Å²) in [6.45, 7) is 2.74. The lowest BCUT2D eigenvalue weighted by molar-refractivity contribution is 1.07. The monoisotopic (exact) mass is 271 g/mol. The maximum atomic E-state index is 11.9. The summed E-state index contributed by atoms with van der Waals surface area (Å²) in [7, 11) is 0. The quantitative estimate of drug-likeness (QED) is 0.770. The van der Waals surface area contributed by atoms with Crippen molar-refractivity contribution in [3.63, 3.8) is 0 Å². The van der Waals surface area contributed by atoms with Gasteiger partial charge in [0.15, 0.2) is 0 Å². The van der Waals surface area contributed by atoms with Crippen LogP contribution < -0.4 is 10.9 Å². The Balaban J connectivity index is 1.90. The van der Waals surface area contributed by atoms with E-state index in [0.717, 1.165) is 0 Å². The fraction of sp³-hybridized carbons (Fsp3) is 0.143. The number of fused-ring (bicyclic) bond motifs is 1. The molecule has 96 valence electrons. The van der Waals surface area contributed by atoms with Crippen molar-refractivity contribution in [2.45, 2.75) is 13.5 Å². The van der Waals surface area contributed by atoms with Crippen molar-refractivity contribution in [3.8, 4) is 0 Å². The van der Waals surface area contributed by atoms with Crippen molar-refractivity contribution in [3.05, 3.63) is 56.5 Å². The predicted octanol–water partition coefficient (Wildman–Crippen LogP) is 2.91. The summed E-state index contributed by atoms with van der Waals surface area (Å²) in [5, 5.41) is 5.83. The number of nitrogens with zero attached hydrogens (tertiary/aromatic N) is 1. The number of para-hydroxylation sites is 1. The van der Waals surface area contributed by atoms with E-state index >= 15 is 0 Å². The molecular formula is C14H13N3OS. The second-order valence-electron chi connectivity index (χ2n) is 4.31. The zero-order valence-electron chi connectivity index (χ0n) is 10.4. The summed E-state index contributed by atoms with van der Waals surface area (Å²) in [5.74, 6) is 0.511. The summed E-state index contributed by atoms with van der Waals surface area (Å²) >= 11 is 1.69. The van der Waals surface area contributed by atoms with Crippen LogP contribution in [0.2, 0.25) is 0 Å². The maximum absolute atomic E-state index is 11.9. The molecule has 1 aromatic carbocycles. The number of thiophene rings is 1. The van der Waals surface area contributed by atoms with Gasteiger partial charge in [-0.1, -0.05) is 12.1 Å². The SMILES string of the molecule is Cc1ccsc1CNc1nc2ccccc2c(=O)[nH]1. The molecule has 0 aliphatic carbocycles. The highest BCUT2D eigenvalue weighted by molar-refractivity contribution is 7.10. The fourth-order valence-corrected chi connectivity index (χ4v) is 2.77. The van der Waals surface area contributed by atoms with E-state index in [-0.39, 0.29) is 5.56 Å². The van der Waals surface area contributed by atoms with Gasteiger partial charge >= 0.3 is 0 Å². The number of aryl methyl sites for hydroxylation is 1. The van der Waals surface area contributed by atoms with Crippen molar-refractivity contribution < 1.29 is 0 Å². The molecule has 0 bridgehead atoms. The van der Waals surface area contributed by atoms with Crippen LogP contribution in [-0.2, 0) is 6.54 Å². The highest BCUT2D eigenvalue weighted by atomic mass is 32.1. The van der Waals surface area contributed by atoms with Gasteiger partial charge < -0.3 is 5.32 Å². The van der Waals surface area contributed by atoms with Crippen LogP contribution in [0.1, 0.15) is 10.4 Å². The third kappa shape index (κ3) is 2.37. The molecular weight excluding hydrogens is 258 g/mol. The fourth-order valence-electron chi connectivity index (χ4n) is 1.92. The number of hydrogen-bond acceptors (Lipinski definition) is 4. The van der Waals surface area contributed by atoms with Gasteiger partial charge in [0.2, 0.25) is 5.95 Å². The largest absolute Gasteiger partial charge is 0.351 e. The molecule has 5 heteroatoms. The average molecular weight is 271 g/mol. The minimum atomic E-state index is -0.115. The first-order valence-electron chi connectivity index (χ1n) is 6.00. The number of benzene rings is 1. The smallest absolute Gasteiger partial charge is 0.260 e. The van der Waals surface area contributed by atoms with Crippen molar-refractivity contribution in [1.29, 1.82) is 0 Å². The Kier molecular flexibility index (Phi) is 3.05. The summed E-state index contributed by atoms with van der Waals surface area (Å²) in [4.78, 5) is 20.3. The Morgan fingerprint density at radius 1 is 1.32 bits per heavy atom. The molecule has 2 heterocycles. The van der Waals surface area contributed by atoms with Crippen LogP contribution in [0.4, 0.5) is 5.95 Å². The second-order valence-corrected chi connectivity index (χ2v) is 5.31. The van der Waals surface area contributed by atoms with Crippen LogP contribution in [0.15, 0.2) is 40.5 Å². The van der Waals surface area contributed by atoms with Gasteiger partial charge in [-0.05, 0) is 36.1 Å². The molecule has 3 aromatic rings. The van der Waals surface area contributed by atoms with Crippen molar-refractivity contribution >= 4 is 28.2 Å². The first kappa shape index (κ1) is 11.9. The summed E-state index contributed by atoms with van der Waals surface area (Å²) in [6, 6.07) is 9.40. The molecule has 0 saturated heterocycles. The van der Waals surface area contributed by atoms with Gasteiger partial charge in [-0.15, -0.1) is 11.3 Å². The number of hydrogen-bond donors (Lipinski definition) is 2. The topological polar surface area (TPSA) is 57.8 Å². The normalized spacial score (nSPS) is 10.8. The van der Waals surface area contributed by atoms with Crippen LogP contribution in [-0.4, -0.2) is 9.97 Å². The van der Waals surface area contributed by atoms with E-state index in [1.165, 1.54) is 10.4 Å². The van der Waals surface area contributed by atoms with E-state index in [1.807, 2.05) is 18.2 Å². The number of nitrogens with one attached hydrogen (secondary N) is 2. The second kappa shape index (κ2) is 4.85. The first-order valence-corrected chi connectivity index (χ1v) is 6.88. The van der Waals surface area contributed by atoms with Crippen molar-refractivity contribution in [1.82, 2.24) is 9.97 Å². The molecule has 0 saturated carbocycles. The van der Waals surface area contributed by atoms with E-state index in [0.29, 0.717) is 23.4 Å². The molecule has 0 unspecified atom stereocenters. The Morgan fingerprint density at radius 2 is 2.16 bits per heavy atom. The molecule has 0 radical (unpaired) electrons. The standard InChI is InChI=1S/C14H13N3OS/c1-9-6-7-19-12(9)8-15-14-16-11-5-3-2-4-10(11)13(18)17-14/h2-7H,8H2,1H3,(H2,15,16,17,18). The van der Waals surface area contributed by atoms with Crippen LogP contribution in [0.5, 0.6) is 0 Å². The lowest BCUT2D eigenvalue weighted by Gasteiger charge is -2.05. The Hall–Kier alpha value is -2.14. The number of H-pyrrole nitrogens is 1. The maximum Gasteiger partial charge on any atom is 0.260 e. The Morgan fingerprint density at radius 3 is 2.95 bits per heavy atom. The van der Waals surface area contributed by atoms with E-state index in [1.54, 1.807) is 17.4 Å². The number of aromatic nitrogens is 2. The molecule has 2 aromatic heterocycles. The van der Waals surface area contributed by atoms with Gasteiger partial charge in [-0.3, -0.25) is 9.78 Å². The van der Waals surface area contributed by atoms with Crippen LogP contribution >= 0.6 is 11.3 Å². The molecule has 0 atom stereocenters. The van der Waals surface area contributed by atoms with Crippen LogP contribution in [0.3, 0.4) is 0 Å². The molecule has 3 rings (SSSR count). The summed E-state index contributed by atoms with van der Waals surface area (Å²) in [6.07, 6.45) is 0. The van der Waals surface area contributed by atoms with Gasteiger partial charge in [0.25, 0.3) is 5.56 Å². The first-order chi connectivity index (χ1) is 9.24. The highest BCUT2D eigenvalue weighted by Gasteiger charge is 2.04. The van der Waals surface area contributed by atoms with Gasteiger partial charge in [0.1, 0.15) is 0 Å². The zero-order valence-corrected chi connectivity index (χ0v) is 11.3. The lowest BCUT2D eigenvalue weighted by Crippen LogP contribution is -2.13. The predicted molar refractivity (Wildman–Crippen MR) is 78.7 cm³/mol. The average Bonchev–Trinajstić information content (AvgIpc) is 2.82. The third-order valence-corrected chi connectivity index (χ3v) is 4.02. The summed E-state index contributed by atoms with van der Waals surface area (Å²) in [5.41, 5.74) is 1.84. The van der Waals surface area contributed by atoms with Crippen molar-refractivity contribution in [2.24, 2.45) is 0 Å². The van der Waals surface area contributed by atoms with Gasteiger partial charge in [0, 0.05) is 4.88 Å². The van der Waals surface area contributed by atoms with E-state index in [2.05, 4.69) is 33.7 Å². The van der Waals surface area contributed by atoms with Gasteiger partial charge in [0.05, 0.1) is 17.4 Å². The zero-order chi connectivity index (χ0) is 13.2. The van der Waals surface area contributed by atoms with Gasteiger partial charge in [-0.2, -0.15) is 0 Å². The van der Waals surface area contributed by atoms with E-state index in [4.69, 9.17) is 0 Å². The lowest BCUT2D eigenvalue weighted by atomic mass is 10.2. The molecule has 0 fully saturated rings. The molecule has 0 spiro atoms. The van der Waals surface area contributed by atoms with E-state index in [9.17, 15) is 4.79 Å². The molecule has 0 amide bonds. The van der Waals surface area contributed by atoms with Crippen LogP contribution in [0, 0.1) is 6.92 Å². The number of anilines is 1. The number of aromatic amines is 1. The minimum absolute atomic E-state index is 0.115. The molecule has 4 nitrogen and oxygen atoms in total. The molecule has 19 heavy (non-hydrogen) atoms. The Labute approximate surface area is 114 Å². The molecule has 0 aliphatic heterocycles. The van der Waals surface area contributed by atoms with Crippen molar-refractivity contribution in [2.75, 3.05) is 5.32 Å². The molecule has 0 aliphatic rings. The number of rotatable bonds is 3. The van der Waals surface area contributed by atoms with E-state index < -0.39 is 0 Å². The van der Waals surface area contributed by atoms with Crippen LogP contribution in [0.25, 0.3) is 10.9 Å². The third-order valence-electron chi connectivity index (χ3n) is 3.00. The minimum Gasteiger partial charge on any atom is -0.351 e. The molecule has 2 N–H and O–H groups in total. The van der Waals surface area contributed by atoms with Gasteiger partial charge in [-0.25, -0.2) is 4.98 Å².